The Labute approximate surface area is 285 Å². The number of aliphatic hydroxyl groups excluding tert-OH is 1. The Balaban J connectivity index is 3.55. The summed E-state index contributed by atoms with van der Waals surface area (Å²) < 4.78 is 10.6. The molecular weight excluding hydrogens is 572 g/mol. The molecule has 0 aliphatic rings. The fraction of sp³-hybridized carbons (Fsp3) is 0.805. The first-order valence-corrected chi connectivity index (χ1v) is 19.5. The summed E-state index contributed by atoms with van der Waals surface area (Å²) in [7, 11) is 0. The molecule has 0 radical (unpaired) electrons. The zero-order valence-corrected chi connectivity index (χ0v) is 30.3. The third-order valence-corrected chi connectivity index (χ3v) is 8.45. The number of hydrogen-bond donors (Lipinski definition) is 1. The van der Waals surface area contributed by atoms with Gasteiger partial charge in [0.25, 0.3) is 0 Å². The number of ether oxygens (including phenoxy) is 2. The van der Waals surface area contributed by atoms with Crippen LogP contribution in [0.1, 0.15) is 194 Å². The summed E-state index contributed by atoms with van der Waals surface area (Å²) in [4.78, 5) is 24.2. The third kappa shape index (κ3) is 35.0. The van der Waals surface area contributed by atoms with Crippen molar-refractivity contribution >= 4 is 11.9 Å². The number of esters is 2. The molecule has 0 unspecified atom stereocenters. The molecule has 0 spiro atoms. The summed E-state index contributed by atoms with van der Waals surface area (Å²) in [5.41, 5.74) is 0. The predicted molar refractivity (Wildman–Crippen MR) is 196 cm³/mol. The van der Waals surface area contributed by atoms with E-state index in [1.165, 1.54) is 103 Å². The van der Waals surface area contributed by atoms with Crippen molar-refractivity contribution in [1.82, 2.24) is 0 Å². The molecule has 0 saturated carbocycles. The molecule has 0 heterocycles. The summed E-state index contributed by atoms with van der Waals surface area (Å²) in [6.45, 7) is 4.02. The molecular formula is C41H74O5. The van der Waals surface area contributed by atoms with Gasteiger partial charge in [0.2, 0.25) is 0 Å². The molecule has 46 heavy (non-hydrogen) atoms. The molecule has 0 rings (SSSR count). The fourth-order valence-corrected chi connectivity index (χ4v) is 5.51. The zero-order chi connectivity index (χ0) is 33.6. The van der Waals surface area contributed by atoms with E-state index in [9.17, 15) is 14.7 Å². The molecule has 0 bridgehead atoms. The van der Waals surface area contributed by atoms with Crippen LogP contribution in [0.15, 0.2) is 36.5 Å². The van der Waals surface area contributed by atoms with Gasteiger partial charge in [-0.3, -0.25) is 9.59 Å². The molecule has 0 aliphatic heterocycles. The van der Waals surface area contributed by atoms with Crippen LogP contribution < -0.4 is 0 Å². The van der Waals surface area contributed by atoms with E-state index in [1.807, 2.05) is 0 Å². The Morgan fingerprint density at radius 1 is 0.522 bits per heavy atom. The highest BCUT2D eigenvalue weighted by Crippen LogP contribution is 2.15. The maximum Gasteiger partial charge on any atom is 0.306 e. The Kier molecular flexibility index (Phi) is 36.0. The predicted octanol–water partition coefficient (Wildman–Crippen LogP) is 12.1. The van der Waals surface area contributed by atoms with Crippen molar-refractivity contribution in [3.8, 4) is 0 Å². The van der Waals surface area contributed by atoms with Gasteiger partial charge in [0.1, 0.15) is 6.61 Å². The smallest absolute Gasteiger partial charge is 0.306 e. The molecule has 0 saturated heterocycles. The number of aliphatic hydroxyl groups is 1. The van der Waals surface area contributed by atoms with Crippen LogP contribution >= 0.6 is 0 Å². The van der Waals surface area contributed by atoms with E-state index in [-0.39, 0.29) is 25.2 Å². The molecule has 0 aromatic carbocycles. The lowest BCUT2D eigenvalue weighted by Crippen LogP contribution is -2.28. The average molecular weight is 647 g/mol. The average Bonchev–Trinajstić information content (AvgIpc) is 3.06. The SMILES string of the molecule is CC/C=C/C/C=C/C/C=C/CCCCCCCC(=O)OC[C@H](CO)OC(=O)CCCCCCCCCCCCCCCCCCC. The van der Waals surface area contributed by atoms with Gasteiger partial charge in [-0.25, -0.2) is 0 Å². The number of carbonyl (C=O) groups excluding carboxylic acids is 2. The number of unbranched alkanes of at least 4 members (excludes halogenated alkanes) is 21. The molecule has 0 aromatic rings. The maximum atomic E-state index is 12.2. The molecule has 1 N–H and O–H groups in total. The number of hydrogen-bond acceptors (Lipinski definition) is 5. The van der Waals surface area contributed by atoms with Gasteiger partial charge in [0.05, 0.1) is 6.61 Å². The van der Waals surface area contributed by atoms with Crippen molar-refractivity contribution in [2.75, 3.05) is 13.2 Å². The van der Waals surface area contributed by atoms with Gasteiger partial charge in [-0.05, 0) is 44.9 Å². The van der Waals surface area contributed by atoms with Crippen LogP contribution in [-0.4, -0.2) is 36.4 Å². The van der Waals surface area contributed by atoms with Gasteiger partial charge >= 0.3 is 11.9 Å². The van der Waals surface area contributed by atoms with E-state index in [1.54, 1.807) is 0 Å². The lowest BCUT2D eigenvalue weighted by Gasteiger charge is -2.15. The Morgan fingerprint density at radius 3 is 1.41 bits per heavy atom. The van der Waals surface area contributed by atoms with E-state index in [0.717, 1.165) is 64.2 Å². The largest absolute Gasteiger partial charge is 0.462 e. The van der Waals surface area contributed by atoms with Gasteiger partial charge in [0.15, 0.2) is 6.10 Å². The minimum absolute atomic E-state index is 0.0723. The summed E-state index contributed by atoms with van der Waals surface area (Å²) in [6.07, 6.45) is 44.9. The highest BCUT2D eigenvalue weighted by atomic mass is 16.6. The first-order chi connectivity index (χ1) is 22.6. The topological polar surface area (TPSA) is 72.8 Å². The Morgan fingerprint density at radius 2 is 0.935 bits per heavy atom. The van der Waals surface area contributed by atoms with E-state index in [2.05, 4.69) is 50.3 Å². The van der Waals surface area contributed by atoms with Crippen molar-refractivity contribution in [1.29, 1.82) is 0 Å². The van der Waals surface area contributed by atoms with Gasteiger partial charge in [-0.2, -0.15) is 0 Å². The highest BCUT2D eigenvalue weighted by Gasteiger charge is 2.16. The summed E-state index contributed by atoms with van der Waals surface area (Å²) >= 11 is 0. The zero-order valence-electron chi connectivity index (χ0n) is 30.3. The van der Waals surface area contributed by atoms with Crippen molar-refractivity contribution < 1.29 is 24.2 Å². The summed E-state index contributed by atoms with van der Waals surface area (Å²) in [5, 5.41) is 9.55. The van der Waals surface area contributed by atoms with E-state index in [4.69, 9.17) is 9.47 Å². The molecule has 0 aliphatic carbocycles. The van der Waals surface area contributed by atoms with E-state index < -0.39 is 6.10 Å². The molecule has 0 aromatic heterocycles. The second-order valence-electron chi connectivity index (χ2n) is 13.0. The van der Waals surface area contributed by atoms with Crippen LogP contribution in [0, 0.1) is 0 Å². The molecule has 1 atom stereocenters. The standard InChI is InChI=1S/C41H74O5/c1-3-5-7-9-11-13-15-17-19-20-22-24-26-28-30-32-34-36-41(44)46-39(37-42)38-45-40(43)35-33-31-29-27-25-23-21-18-16-14-12-10-8-6-4-2/h6,8,12,14,18,21,39,42H,3-5,7,9-11,13,15-17,19-20,22-38H2,1-2H3/b8-6+,14-12+,21-18+/t39-/m0/s1. The maximum absolute atomic E-state index is 12.2. The van der Waals surface area contributed by atoms with Gasteiger partial charge in [-0.1, -0.05) is 172 Å². The Bertz CT molecular complexity index is 741. The van der Waals surface area contributed by atoms with Crippen molar-refractivity contribution in [2.45, 2.75) is 200 Å². The Hall–Kier alpha value is -1.88. The van der Waals surface area contributed by atoms with Crippen molar-refractivity contribution in [3.63, 3.8) is 0 Å². The minimum Gasteiger partial charge on any atom is -0.462 e. The molecule has 0 amide bonds. The fourth-order valence-electron chi connectivity index (χ4n) is 5.51. The number of carbonyl (C=O) groups is 2. The van der Waals surface area contributed by atoms with Gasteiger partial charge in [-0.15, -0.1) is 0 Å². The van der Waals surface area contributed by atoms with Crippen LogP contribution in [0.5, 0.6) is 0 Å². The normalized spacial score (nSPS) is 12.5. The van der Waals surface area contributed by atoms with Crippen LogP contribution in [0.4, 0.5) is 0 Å². The second-order valence-corrected chi connectivity index (χ2v) is 13.0. The minimum atomic E-state index is -0.774. The molecule has 5 nitrogen and oxygen atoms in total. The first-order valence-electron chi connectivity index (χ1n) is 19.5. The first kappa shape index (κ1) is 44.1. The van der Waals surface area contributed by atoms with Crippen LogP contribution in [-0.2, 0) is 19.1 Å². The molecule has 5 heteroatoms. The third-order valence-electron chi connectivity index (χ3n) is 8.45. The summed E-state index contributed by atoms with van der Waals surface area (Å²) in [5.74, 6) is -0.606. The van der Waals surface area contributed by atoms with Crippen LogP contribution in [0.2, 0.25) is 0 Å². The van der Waals surface area contributed by atoms with Crippen molar-refractivity contribution in [3.05, 3.63) is 36.5 Å². The van der Waals surface area contributed by atoms with Crippen LogP contribution in [0.3, 0.4) is 0 Å². The number of rotatable bonds is 35. The summed E-state index contributed by atoms with van der Waals surface area (Å²) in [6, 6.07) is 0. The molecule has 268 valence electrons. The van der Waals surface area contributed by atoms with Gasteiger partial charge < -0.3 is 14.6 Å². The van der Waals surface area contributed by atoms with Crippen molar-refractivity contribution in [2.24, 2.45) is 0 Å². The van der Waals surface area contributed by atoms with Crippen LogP contribution in [0.25, 0.3) is 0 Å². The lowest BCUT2D eigenvalue weighted by molar-refractivity contribution is -0.161. The quantitative estimate of drug-likeness (QED) is 0.0421. The number of allylic oxidation sites excluding steroid dienone is 6. The lowest BCUT2D eigenvalue weighted by atomic mass is 10.0. The highest BCUT2D eigenvalue weighted by molar-refractivity contribution is 5.70. The van der Waals surface area contributed by atoms with E-state index in [0.29, 0.717) is 12.8 Å². The molecule has 0 fully saturated rings. The van der Waals surface area contributed by atoms with E-state index >= 15 is 0 Å². The van der Waals surface area contributed by atoms with Gasteiger partial charge in [0, 0.05) is 12.8 Å². The monoisotopic (exact) mass is 647 g/mol. The second kappa shape index (κ2) is 37.6.